The highest BCUT2D eigenvalue weighted by Gasteiger charge is 2.21. The first-order valence-electron chi connectivity index (χ1n) is 7.47. The third-order valence-corrected chi connectivity index (χ3v) is 3.43. The molecule has 0 radical (unpaired) electrons. The van der Waals surface area contributed by atoms with Crippen LogP contribution in [0.5, 0.6) is 0 Å². The average Bonchev–Trinajstić information content (AvgIpc) is 3.00. The molecule has 0 bridgehead atoms. The molecule has 0 aliphatic heterocycles. The maximum atomic E-state index is 13.7. The van der Waals surface area contributed by atoms with E-state index < -0.39 is 29.6 Å². The third kappa shape index (κ3) is 4.15. The van der Waals surface area contributed by atoms with Gasteiger partial charge in [-0.25, -0.2) is 18.3 Å². The lowest BCUT2D eigenvalue weighted by Gasteiger charge is -2.12. The number of aliphatic carboxylic acids is 1. The highest BCUT2D eigenvalue weighted by atomic mass is 19.1. The predicted molar refractivity (Wildman–Crippen MR) is 81.9 cm³/mol. The molecule has 1 atom stereocenters. The van der Waals surface area contributed by atoms with Crippen LogP contribution >= 0.6 is 0 Å². The summed E-state index contributed by atoms with van der Waals surface area (Å²) >= 11 is 0. The number of nitrogens with one attached hydrogen (secondary N) is 1. The summed E-state index contributed by atoms with van der Waals surface area (Å²) in [6, 6.07) is 3.30. The molecule has 6 nitrogen and oxygen atoms in total. The molecule has 24 heavy (non-hydrogen) atoms. The lowest BCUT2D eigenvalue weighted by Crippen LogP contribution is -2.40. The van der Waals surface area contributed by atoms with Crippen molar-refractivity contribution in [2.45, 2.75) is 32.2 Å². The molecule has 0 saturated carbocycles. The summed E-state index contributed by atoms with van der Waals surface area (Å²) in [6.45, 7) is 1.92. The number of unbranched alkanes of at least 4 members (excludes halogenated alkanes) is 1. The normalized spacial score (nSPS) is 12.0. The monoisotopic (exact) mass is 337 g/mol. The summed E-state index contributed by atoms with van der Waals surface area (Å²) in [6.07, 6.45) is 3.11. The van der Waals surface area contributed by atoms with E-state index in [9.17, 15) is 18.4 Å². The van der Waals surface area contributed by atoms with E-state index in [0.29, 0.717) is 18.9 Å². The minimum atomic E-state index is -1.12. The highest BCUT2D eigenvalue weighted by molar-refractivity contribution is 5.94. The number of hydrogen-bond acceptors (Lipinski definition) is 3. The number of carbonyl (C=O) groups is 2. The predicted octanol–water partition coefficient (Wildman–Crippen LogP) is 2.52. The summed E-state index contributed by atoms with van der Waals surface area (Å²) in [4.78, 5) is 23.3. The van der Waals surface area contributed by atoms with Gasteiger partial charge in [-0.1, -0.05) is 19.8 Å². The lowest BCUT2D eigenvalue weighted by atomic mass is 10.1. The number of nitrogens with zero attached hydrogens (tertiary/aromatic N) is 2. The molecule has 1 heterocycles. The van der Waals surface area contributed by atoms with E-state index in [1.165, 1.54) is 18.3 Å². The number of hydrogen-bond donors (Lipinski definition) is 2. The van der Waals surface area contributed by atoms with Crippen LogP contribution in [0.15, 0.2) is 30.5 Å². The fourth-order valence-electron chi connectivity index (χ4n) is 2.14. The van der Waals surface area contributed by atoms with Gasteiger partial charge in [0, 0.05) is 12.3 Å². The molecule has 128 valence electrons. The maximum absolute atomic E-state index is 13.7. The van der Waals surface area contributed by atoms with Gasteiger partial charge in [-0.2, -0.15) is 5.10 Å². The SMILES string of the molecule is CCCCC(NC(=O)c1ccn(-c2ccc(F)cc2F)n1)C(=O)O. The van der Waals surface area contributed by atoms with Crippen molar-refractivity contribution in [3.63, 3.8) is 0 Å². The van der Waals surface area contributed by atoms with Crippen LogP contribution in [0.1, 0.15) is 36.7 Å². The highest BCUT2D eigenvalue weighted by Crippen LogP contribution is 2.14. The fraction of sp³-hybridized carbons (Fsp3) is 0.312. The first kappa shape index (κ1) is 17.6. The van der Waals surface area contributed by atoms with Crippen molar-refractivity contribution in [1.29, 1.82) is 0 Å². The van der Waals surface area contributed by atoms with Gasteiger partial charge in [-0.05, 0) is 24.6 Å². The molecule has 1 amide bonds. The minimum absolute atomic E-state index is 0.0174. The van der Waals surface area contributed by atoms with Crippen molar-refractivity contribution in [2.24, 2.45) is 0 Å². The second-order valence-corrected chi connectivity index (χ2v) is 5.25. The van der Waals surface area contributed by atoms with Gasteiger partial charge in [0.2, 0.25) is 0 Å². The van der Waals surface area contributed by atoms with Gasteiger partial charge in [0.1, 0.15) is 17.5 Å². The molecule has 1 aromatic carbocycles. The van der Waals surface area contributed by atoms with Crippen LogP contribution < -0.4 is 5.32 Å². The lowest BCUT2D eigenvalue weighted by molar-refractivity contribution is -0.139. The molecule has 2 aromatic rings. The summed E-state index contributed by atoms with van der Waals surface area (Å²) in [5, 5.41) is 15.4. The van der Waals surface area contributed by atoms with Crippen molar-refractivity contribution in [3.05, 3.63) is 47.8 Å². The van der Waals surface area contributed by atoms with Crippen LogP contribution in [0.3, 0.4) is 0 Å². The Balaban J connectivity index is 2.14. The molecule has 2 N–H and O–H groups in total. The number of halogens is 2. The molecule has 0 fully saturated rings. The van der Waals surface area contributed by atoms with Crippen LogP contribution in [0.4, 0.5) is 8.78 Å². The zero-order valence-corrected chi connectivity index (χ0v) is 13.0. The van der Waals surface area contributed by atoms with Gasteiger partial charge in [0.25, 0.3) is 5.91 Å². The molecular weight excluding hydrogens is 320 g/mol. The number of aromatic nitrogens is 2. The van der Waals surface area contributed by atoms with Crippen LogP contribution in [0.2, 0.25) is 0 Å². The Morgan fingerprint density at radius 2 is 2.08 bits per heavy atom. The third-order valence-electron chi connectivity index (χ3n) is 3.43. The molecule has 0 spiro atoms. The van der Waals surface area contributed by atoms with Crippen LogP contribution in [0, 0.1) is 11.6 Å². The number of carbonyl (C=O) groups excluding carboxylic acids is 1. The van der Waals surface area contributed by atoms with Crippen molar-refractivity contribution >= 4 is 11.9 Å². The molecule has 8 heteroatoms. The van der Waals surface area contributed by atoms with E-state index in [2.05, 4.69) is 10.4 Å². The first-order valence-corrected chi connectivity index (χ1v) is 7.47. The number of carboxylic acid groups (broad SMARTS) is 1. The molecule has 2 rings (SSSR count). The van der Waals surface area contributed by atoms with Gasteiger partial charge in [-0.3, -0.25) is 4.79 Å². The molecule has 0 aliphatic rings. The quantitative estimate of drug-likeness (QED) is 0.813. The van der Waals surface area contributed by atoms with Gasteiger partial charge in [-0.15, -0.1) is 0 Å². The Kier molecular flexibility index (Phi) is 5.62. The van der Waals surface area contributed by atoms with Crippen LogP contribution in [-0.4, -0.2) is 32.8 Å². The molecule has 1 aromatic heterocycles. The van der Waals surface area contributed by atoms with Crippen molar-refractivity contribution in [3.8, 4) is 5.69 Å². The van der Waals surface area contributed by atoms with Crippen molar-refractivity contribution in [1.82, 2.24) is 15.1 Å². The zero-order valence-electron chi connectivity index (χ0n) is 13.0. The standard InChI is InChI=1S/C16H17F2N3O3/c1-2-3-4-13(16(23)24)19-15(22)12-7-8-21(20-12)14-6-5-10(17)9-11(14)18/h5-9,13H,2-4H2,1H3,(H,19,22)(H,23,24). The van der Waals surface area contributed by atoms with Gasteiger partial charge >= 0.3 is 5.97 Å². The van der Waals surface area contributed by atoms with E-state index in [0.717, 1.165) is 17.2 Å². The van der Waals surface area contributed by atoms with Gasteiger partial charge < -0.3 is 10.4 Å². The second-order valence-electron chi connectivity index (χ2n) is 5.25. The topological polar surface area (TPSA) is 84.2 Å². The summed E-state index contributed by atoms with van der Waals surface area (Å²) in [5.74, 6) is -3.33. The van der Waals surface area contributed by atoms with E-state index in [-0.39, 0.29) is 11.4 Å². The Morgan fingerprint density at radius 3 is 2.71 bits per heavy atom. The van der Waals surface area contributed by atoms with E-state index >= 15 is 0 Å². The number of rotatable bonds is 7. The Hall–Kier alpha value is -2.77. The fourth-order valence-corrected chi connectivity index (χ4v) is 2.14. The van der Waals surface area contributed by atoms with E-state index in [4.69, 9.17) is 5.11 Å². The van der Waals surface area contributed by atoms with E-state index in [1.54, 1.807) is 0 Å². The number of carboxylic acids is 1. The van der Waals surface area contributed by atoms with Crippen LogP contribution in [-0.2, 0) is 4.79 Å². The summed E-state index contributed by atoms with van der Waals surface area (Å²) in [7, 11) is 0. The molecule has 1 unspecified atom stereocenters. The Bertz CT molecular complexity index is 746. The number of amides is 1. The summed E-state index contributed by atoms with van der Waals surface area (Å²) in [5.41, 5.74) is -0.0716. The van der Waals surface area contributed by atoms with Crippen molar-refractivity contribution in [2.75, 3.05) is 0 Å². The zero-order chi connectivity index (χ0) is 17.7. The largest absolute Gasteiger partial charge is 0.480 e. The molecule has 0 saturated heterocycles. The maximum Gasteiger partial charge on any atom is 0.326 e. The number of benzene rings is 1. The smallest absolute Gasteiger partial charge is 0.326 e. The summed E-state index contributed by atoms with van der Waals surface area (Å²) < 4.78 is 27.7. The minimum Gasteiger partial charge on any atom is -0.480 e. The average molecular weight is 337 g/mol. The Morgan fingerprint density at radius 1 is 1.33 bits per heavy atom. The van der Waals surface area contributed by atoms with E-state index in [1.807, 2.05) is 6.92 Å². The van der Waals surface area contributed by atoms with Crippen LogP contribution in [0.25, 0.3) is 5.69 Å². The second kappa shape index (κ2) is 7.67. The van der Waals surface area contributed by atoms with Gasteiger partial charge in [0.15, 0.2) is 11.5 Å². The Labute approximate surface area is 137 Å². The molecular formula is C16H17F2N3O3. The molecule has 0 aliphatic carbocycles. The van der Waals surface area contributed by atoms with Crippen molar-refractivity contribution < 1.29 is 23.5 Å². The van der Waals surface area contributed by atoms with Gasteiger partial charge in [0.05, 0.1) is 0 Å². The first-order chi connectivity index (χ1) is 11.4.